The molecule has 3 N–H and O–H groups in total. The molecule has 0 aliphatic heterocycles. The maximum Gasteiger partial charge on any atom is 0.170 e. The average Bonchev–Trinajstić information content (AvgIpc) is 2.24. The van der Waals surface area contributed by atoms with Crippen molar-refractivity contribution in [3.63, 3.8) is 0 Å². The molecular weight excluding hydrogens is 216 g/mol. The van der Waals surface area contributed by atoms with Gasteiger partial charge in [-0.25, -0.2) is 4.98 Å². The topological polar surface area (TPSA) is 74.7 Å². The zero-order valence-electron chi connectivity index (χ0n) is 10.2. The van der Waals surface area contributed by atoms with Gasteiger partial charge in [0.1, 0.15) is 5.82 Å². The van der Waals surface area contributed by atoms with Gasteiger partial charge < -0.3 is 15.8 Å². The Kier molecular flexibility index (Phi) is 3.17. The predicted molar refractivity (Wildman–Crippen MR) is 67.5 cm³/mol. The number of pyridine rings is 1. The van der Waals surface area contributed by atoms with Crippen LogP contribution in [0.4, 0.5) is 5.82 Å². The highest BCUT2D eigenvalue weighted by molar-refractivity contribution is 5.97. The Balaban J connectivity index is 2.30. The molecule has 1 heterocycles. The molecule has 1 aromatic heterocycles. The lowest BCUT2D eigenvalue weighted by Gasteiger charge is -2.35. The maximum atomic E-state index is 8.70. The summed E-state index contributed by atoms with van der Waals surface area (Å²) in [5.74, 6) is 1.01. The van der Waals surface area contributed by atoms with Crippen molar-refractivity contribution in [3.8, 4) is 0 Å². The van der Waals surface area contributed by atoms with Crippen LogP contribution >= 0.6 is 0 Å². The Hall–Kier alpha value is -1.78. The molecule has 0 amide bonds. The summed E-state index contributed by atoms with van der Waals surface area (Å²) in [6.07, 6.45) is 3.71. The number of rotatable bonds is 3. The van der Waals surface area contributed by atoms with Gasteiger partial charge in [0.25, 0.3) is 0 Å². The molecule has 0 atom stereocenters. The number of hydrogen-bond donors (Lipinski definition) is 2. The first-order valence-corrected chi connectivity index (χ1v) is 5.81. The van der Waals surface area contributed by atoms with Gasteiger partial charge in [-0.1, -0.05) is 5.16 Å². The van der Waals surface area contributed by atoms with Crippen LogP contribution in [0.25, 0.3) is 0 Å². The van der Waals surface area contributed by atoms with Gasteiger partial charge in [0.15, 0.2) is 5.84 Å². The average molecular weight is 234 g/mol. The fourth-order valence-corrected chi connectivity index (χ4v) is 2.00. The van der Waals surface area contributed by atoms with E-state index in [1.807, 2.05) is 26.1 Å². The lowest BCUT2D eigenvalue weighted by Crippen LogP contribution is -2.37. The van der Waals surface area contributed by atoms with Crippen molar-refractivity contribution in [2.45, 2.75) is 32.2 Å². The number of aromatic nitrogens is 1. The van der Waals surface area contributed by atoms with Gasteiger partial charge >= 0.3 is 0 Å². The van der Waals surface area contributed by atoms with Crippen molar-refractivity contribution in [3.05, 3.63) is 23.4 Å². The van der Waals surface area contributed by atoms with E-state index in [2.05, 4.69) is 15.0 Å². The second-order valence-corrected chi connectivity index (χ2v) is 4.54. The molecule has 0 aromatic carbocycles. The largest absolute Gasteiger partial charge is 0.409 e. The van der Waals surface area contributed by atoms with Crippen molar-refractivity contribution in [1.29, 1.82) is 0 Å². The molecule has 0 radical (unpaired) electrons. The highest BCUT2D eigenvalue weighted by Gasteiger charge is 2.23. The Morgan fingerprint density at radius 3 is 2.76 bits per heavy atom. The first-order valence-electron chi connectivity index (χ1n) is 5.81. The SMILES string of the molecule is Cc1cc(/C(N)=N/O)cc(N(C)C2CCC2)n1. The van der Waals surface area contributed by atoms with Crippen molar-refractivity contribution in [2.75, 3.05) is 11.9 Å². The number of hydrogen-bond acceptors (Lipinski definition) is 4. The lowest BCUT2D eigenvalue weighted by molar-refractivity contribution is 0.318. The van der Waals surface area contributed by atoms with E-state index in [1.165, 1.54) is 19.3 Å². The molecule has 0 saturated heterocycles. The van der Waals surface area contributed by atoms with Crippen LogP contribution in [0.3, 0.4) is 0 Å². The molecule has 17 heavy (non-hydrogen) atoms. The summed E-state index contributed by atoms with van der Waals surface area (Å²) in [5, 5.41) is 11.7. The highest BCUT2D eigenvalue weighted by Crippen LogP contribution is 2.27. The Bertz CT molecular complexity index is 440. The molecule has 0 unspecified atom stereocenters. The standard InChI is InChI=1S/C12H18N4O/c1-8-6-9(12(13)15-17)7-11(14-8)16(2)10-4-3-5-10/h6-7,10,17H,3-5H2,1-2H3,(H2,13,15). The third-order valence-corrected chi connectivity index (χ3v) is 3.33. The first-order chi connectivity index (χ1) is 8.11. The molecule has 1 saturated carbocycles. The van der Waals surface area contributed by atoms with Gasteiger partial charge in [-0.15, -0.1) is 0 Å². The number of nitrogens with zero attached hydrogens (tertiary/aromatic N) is 3. The van der Waals surface area contributed by atoms with Gasteiger partial charge in [-0.2, -0.15) is 0 Å². The maximum absolute atomic E-state index is 8.70. The van der Waals surface area contributed by atoms with Crippen molar-refractivity contribution < 1.29 is 5.21 Å². The highest BCUT2D eigenvalue weighted by atomic mass is 16.4. The van der Waals surface area contributed by atoms with Crippen LogP contribution in [-0.4, -0.2) is 29.1 Å². The summed E-state index contributed by atoms with van der Waals surface area (Å²) in [6.45, 7) is 1.91. The molecule has 1 fully saturated rings. The number of anilines is 1. The van der Waals surface area contributed by atoms with Crippen LogP contribution in [0.2, 0.25) is 0 Å². The second kappa shape index (κ2) is 4.61. The fraction of sp³-hybridized carbons (Fsp3) is 0.500. The molecule has 2 rings (SSSR count). The minimum atomic E-state index is 0.124. The van der Waals surface area contributed by atoms with Crippen LogP contribution in [-0.2, 0) is 0 Å². The summed E-state index contributed by atoms with van der Waals surface area (Å²) in [7, 11) is 2.04. The van der Waals surface area contributed by atoms with E-state index in [1.54, 1.807) is 0 Å². The smallest absolute Gasteiger partial charge is 0.170 e. The van der Waals surface area contributed by atoms with Gasteiger partial charge in [0.05, 0.1) is 0 Å². The summed E-state index contributed by atoms with van der Waals surface area (Å²) in [5.41, 5.74) is 7.19. The van der Waals surface area contributed by atoms with Crippen LogP contribution in [0.1, 0.15) is 30.5 Å². The molecule has 0 bridgehead atoms. The quantitative estimate of drug-likeness (QED) is 0.359. The number of oxime groups is 1. The molecule has 92 valence electrons. The van der Waals surface area contributed by atoms with Crippen LogP contribution in [0.15, 0.2) is 17.3 Å². The molecule has 5 nitrogen and oxygen atoms in total. The van der Waals surface area contributed by atoms with Crippen molar-refractivity contribution in [1.82, 2.24) is 4.98 Å². The van der Waals surface area contributed by atoms with Gasteiger partial charge in [0.2, 0.25) is 0 Å². The lowest BCUT2D eigenvalue weighted by atomic mass is 9.92. The van der Waals surface area contributed by atoms with Crippen molar-refractivity contribution in [2.24, 2.45) is 10.9 Å². The summed E-state index contributed by atoms with van der Waals surface area (Å²) >= 11 is 0. The van der Waals surface area contributed by atoms with Gasteiger partial charge in [0, 0.05) is 24.3 Å². The van der Waals surface area contributed by atoms with E-state index in [0.717, 1.165) is 11.5 Å². The molecule has 1 aromatic rings. The first kappa shape index (κ1) is 11.7. The zero-order chi connectivity index (χ0) is 12.4. The van der Waals surface area contributed by atoms with E-state index in [9.17, 15) is 0 Å². The molecule has 1 aliphatic rings. The summed E-state index contributed by atoms with van der Waals surface area (Å²) in [6, 6.07) is 4.25. The van der Waals surface area contributed by atoms with E-state index in [4.69, 9.17) is 10.9 Å². The Morgan fingerprint density at radius 2 is 2.24 bits per heavy atom. The summed E-state index contributed by atoms with van der Waals surface area (Å²) < 4.78 is 0. The van der Waals surface area contributed by atoms with Crippen LogP contribution < -0.4 is 10.6 Å². The van der Waals surface area contributed by atoms with E-state index < -0.39 is 0 Å². The second-order valence-electron chi connectivity index (χ2n) is 4.54. The Morgan fingerprint density at radius 1 is 1.53 bits per heavy atom. The molecule has 0 spiro atoms. The third-order valence-electron chi connectivity index (χ3n) is 3.33. The van der Waals surface area contributed by atoms with Crippen LogP contribution in [0, 0.1) is 6.92 Å². The molecule has 5 heteroatoms. The van der Waals surface area contributed by atoms with Gasteiger partial charge in [-0.05, 0) is 38.3 Å². The van der Waals surface area contributed by atoms with Crippen molar-refractivity contribution >= 4 is 11.7 Å². The number of nitrogens with two attached hydrogens (primary N) is 1. The van der Waals surface area contributed by atoms with E-state index >= 15 is 0 Å². The minimum absolute atomic E-state index is 0.124. The van der Waals surface area contributed by atoms with E-state index in [-0.39, 0.29) is 5.84 Å². The molecular formula is C12H18N4O. The third kappa shape index (κ3) is 2.33. The fourth-order valence-electron chi connectivity index (χ4n) is 2.00. The Labute approximate surface area is 101 Å². The normalized spacial score (nSPS) is 16.7. The molecule has 1 aliphatic carbocycles. The monoisotopic (exact) mass is 234 g/mol. The van der Waals surface area contributed by atoms with Gasteiger partial charge in [-0.3, -0.25) is 0 Å². The number of amidine groups is 1. The predicted octanol–water partition coefficient (Wildman–Crippen LogP) is 1.47. The van der Waals surface area contributed by atoms with E-state index in [0.29, 0.717) is 11.6 Å². The summed E-state index contributed by atoms with van der Waals surface area (Å²) in [4.78, 5) is 6.66. The van der Waals surface area contributed by atoms with Crippen LogP contribution in [0.5, 0.6) is 0 Å². The zero-order valence-corrected chi connectivity index (χ0v) is 10.2. The minimum Gasteiger partial charge on any atom is -0.409 e. The number of aryl methyl sites for hydroxylation is 1.